The molecule has 48 heavy (non-hydrogen) atoms. The topological polar surface area (TPSA) is 327 Å². The monoisotopic (exact) mass is 682 g/mol. The lowest BCUT2D eigenvalue weighted by molar-refractivity contribution is -0.135. The molecule has 0 aliphatic heterocycles. The number of rotatable bonds is 2. The van der Waals surface area contributed by atoms with Crippen LogP contribution in [-0.4, -0.2) is 86.9 Å². The molecule has 4 rings (SSSR count). The molecule has 262 valence electrons. The molecule has 0 saturated heterocycles. The van der Waals surface area contributed by atoms with E-state index < -0.39 is 64.6 Å². The average Bonchev–Trinajstić information content (AvgIpc) is 3.25. The fraction of sp³-hybridized carbons (Fsp3) is 0.200. The normalized spacial score (nSPS) is 9.12. The third-order valence-corrected chi connectivity index (χ3v) is 4.34. The number of hydrogen-bond acceptors (Lipinski definition) is 13. The maximum absolute atomic E-state index is 11.0. The molecular formula is C30H34O18. The van der Waals surface area contributed by atoms with Crippen molar-refractivity contribution in [2.45, 2.75) is 41.5 Å². The minimum atomic E-state index is -0.833. The molecule has 18 nitrogen and oxygen atoms in total. The largest absolute Gasteiger partial charge is 0.504 e. The maximum atomic E-state index is 11.0. The first-order valence-corrected chi connectivity index (χ1v) is 12.8. The summed E-state index contributed by atoms with van der Waals surface area (Å²) in [6.07, 6.45) is 0. The van der Waals surface area contributed by atoms with E-state index in [1.54, 1.807) is 0 Å². The molecule has 10 N–H and O–H groups in total. The highest BCUT2D eigenvalue weighted by atomic mass is 16.5. The predicted octanol–water partition coefficient (Wildman–Crippen LogP) is 4.16. The van der Waals surface area contributed by atoms with E-state index in [-0.39, 0.29) is 33.3 Å². The van der Waals surface area contributed by atoms with E-state index in [1.807, 2.05) is 0 Å². The van der Waals surface area contributed by atoms with Gasteiger partial charge < -0.3 is 60.2 Å². The number of furan rings is 1. The fourth-order valence-corrected chi connectivity index (χ4v) is 3.11. The third-order valence-electron chi connectivity index (χ3n) is 4.34. The van der Waals surface area contributed by atoms with E-state index in [0.717, 1.165) is 46.8 Å². The van der Waals surface area contributed by atoms with Crippen LogP contribution in [0.3, 0.4) is 0 Å². The van der Waals surface area contributed by atoms with E-state index in [4.69, 9.17) is 58.7 Å². The Morgan fingerprint density at radius 3 is 1.31 bits per heavy atom. The van der Waals surface area contributed by atoms with Crippen LogP contribution in [0.25, 0.3) is 33.1 Å². The molecule has 0 spiro atoms. The van der Waals surface area contributed by atoms with Crippen LogP contribution in [0.5, 0.6) is 34.5 Å². The molecule has 0 aliphatic carbocycles. The van der Waals surface area contributed by atoms with Crippen LogP contribution in [0.15, 0.2) is 40.8 Å². The van der Waals surface area contributed by atoms with Crippen LogP contribution in [0.2, 0.25) is 0 Å². The van der Waals surface area contributed by atoms with Gasteiger partial charge in [-0.3, -0.25) is 28.8 Å². The highest BCUT2D eigenvalue weighted by Gasteiger charge is 2.25. The zero-order chi connectivity index (χ0) is 38.0. The molecule has 4 aromatic rings. The van der Waals surface area contributed by atoms with E-state index in [9.17, 15) is 30.3 Å². The number of aromatic hydroxyl groups is 5. The van der Waals surface area contributed by atoms with Gasteiger partial charge in [0.25, 0.3) is 29.8 Å². The molecule has 0 amide bonds. The zero-order valence-corrected chi connectivity index (χ0v) is 26.2. The molecule has 18 heteroatoms. The van der Waals surface area contributed by atoms with E-state index in [0.29, 0.717) is 5.56 Å². The van der Waals surface area contributed by atoms with Gasteiger partial charge in [0.2, 0.25) is 0 Å². The minimum Gasteiger partial charge on any atom is -0.504 e. The SMILES string of the molecule is CC(=O)O.CC(=O)O.CC(=O)O.CC(=O)O.CC(=O)O.CC(=O)Oc1ccc(-c2c(O)c(O)c3c(oc4cc(O)c(O)cc43)c2O)cc1. The van der Waals surface area contributed by atoms with Crippen LogP contribution in [-0.2, 0) is 28.8 Å². The summed E-state index contributed by atoms with van der Waals surface area (Å²) in [7, 11) is 0. The summed E-state index contributed by atoms with van der Waals surface area (Å²) < 4.78 is 10.5. The van der Waals surface area contributed by atoms with Crippen molar-refractivity contribution in [3.8, 4) is 45.6 Å². The molecule has 0 radical (unpaired) electrons. The first-order chi connectivity index (χ1) is 21.9. The molecule has 3 aromatic carbocycles. The fourth-order valence-electron chi connectivity index (χ4n) is 3.11. The number of ether oxygens (including phenoxy) is 1. The number of carbonyl (C=O) groups is 6. The Labute approximate surface area is 270 Å². The second kappa shape index (κ2) is 20.3. The number of carboxylic acids is 5. The lowest BCUT2D eigenvalue weighted by atomic mass is 9.99. The molecule has 0 aliphatic rings. The van der Waals surface area contributed by atoms with Crippen LogP contribution in [0.1, 0.15) is 41.5 Å². The lowest BCUT2D eigenvalue weighted by Crippen LogP contribution is -2.00. The molecule has 0 unspecified atom stereocenters. The Morgan fingerprint density at radius 2 is 0.938 bits per heavy atom. The Morgan fingerprint density at radius 1 is 0.562 bits per heavy atom. The number of aliphatic carboxylic acids is 5. The summed E-state index contributed by atoms with van der Waals surface area (Å²) >= 11 is 0. The summed E-state index contributed by atoms with van der Waals surface area (Å²) in [5.74, 6) is -6.87. The van der Waals surface area contributed by atoms with Gasteiger partial charge in [-0.2, -0.15) is 0 Å². The predicted molar refractivity (Wildman–Crippen MR) is 165 cm³/mol. The molecule has 1 aromatic heterocycles. The third kappa shape index (κ3) is 16.4. The second-order valence-electron chi connectivity index (χ2n) is 8.78. The highest BCUT2D eigenvalue weighted by Crippen LogP contribution is 2.53. The number of fused-ring (bicyclic) bond motifs is 3. The average molecular weight is 683 g/mol. The molecule has 0 atom stereocenters. The Balaban J connectivity index is 0. The van der Waals surface area contributed by atoms with Gasteiger partial charge in [0.1, 0.15) is 11.3 Å². The van der Waals surface area contributed by atoms with Crippen LogP contribution >= 0.6 is 0 Å². The van der Waals surface area contributed by atoms with Crippen molar-refractivity contribution in [3.63, 3.8) is 0 Å². The number of carbonyl (C=O) groups excluding carboxylic acids is 1. The van der Waals surface area contributed by atoms with Crippen molar-refractivity contribution in [3.05, 3.63) is 36.4 Å². The molecule has 0 bridgehead atoms. The van der Waals surface area contributed by atoms with Gasteiger partial charge >= 0.3 is 5.97 Å². The summed E-state index contributed by atoms with van der Waals surface area (Å²) in [4.78, 5) is 56.0. The maximum Gasteiger partial charge on any atom is 0.308 e. The van der Waals surface area contributed by atoms with Crippen molar-refractivity contribution >= 4 is 57.8 Å². The van der Waals surface area contributed by atoms with Crippen LogP contribution in [0.4, 0.5) is 0 Å². The summed E-state index contributed by atoms with van der Waals surface area (Å²) in [6, 6.07) is 8.19. The van der Waals surface area contributed by atoms with Gasteiger partial charge in [0, 0.05) is 53.0 Å². The first-order valence-electron chi connectivity index (χ1n) is 12.8. The summed E-state index contributed by atoms with van der Waals surface area (Å²) in [6.45, 7) is 6.68. The van der Waals surface area contributed by atoms with Crippen molar-refractivity contribution in [2.24, 2.45) is 0 Å². The Hall–Kier alpha value is -6.72. The van der Waals surface area contributed by atoms with Crippen LogP contribution in [0, 0.1) is 0 Å². The quantitative estimate of drug-likeness (QED) is 0.0613. The Kier molecular flexibility index (Phi) is 18.4. The standard InChI is InChI=1S/C20H14O8.5C2H4O2/c1-8(21)27-10-4-2-9(3-5-10)15-17(24)18(25)16-11-6-12(22)13(23)7-14(11)28-20(16)19(15)26;5*1-2(3)4/h2-7,22-26H,1H3;5*1H3,(H,3,4). The van der Waals surface area contributed by atoms with Crippen molar-refractivity contribution < 1.29 is 89.0 Å². The number of carboxylic acid groups (broad SMARTS) is 5. The van der Waals surface area contributed by atoms with Crippen molar-refractivity contribution in [2.75, 3.05) is 0 Å². The van der Waals surface area contributed by atoms with E-state index in [1.165, 1.54) is 31.2 Å². The first kappa shape index (κ1) is 43.4. The molecule has 0 saturated carbocycles. The highest BCUT2D eigenvalue weighted by molar-refractivity contribution is 6.14. The molecule has 0 fully saturated rings. The zero-order valence-electron chi connectivity index (χ0n) is 26.2. The van der Waals surface area contributed by atoms with Gasteiger partial charge in [-0.05, 0) is 23.8 Å². The lowest BCUT2D eigenvalue weighted by Gasteiger charge is -2.11. The molecular weight excluding hydrogens is 648 g/mol. The Bertz CT molecular complexity index is 1660. The van der Waals surface area contributed by atoms with Gasteiger partial charge in [-0.1, -0.05) is 12.1 Å². The number of esters is 1. The summed E-state index contributed by atoms with van der Waals surface area (Å²) in [5.41, 5.74) is 0.202. The van der Waals surface area contributed by atoms with Gasteiger partial charge in [-0.15, -0.1) is 0 Å². The molecule has 1 heterocycles. The van der Waals surface area contributed by atoms with E-state index in [2.05, 4.69) is 0 Å². The number of hydrogen-bond donors (Lipinski definition) is 10. The summed E-state index contributed by atoms with van der Waals surface area (Å²) in [5, 5.41) is 88.3. The van der Waals surface area contributed by atoms with Crippen molar-refractivity contribution in [1.82, 2.24) is 0 Å². The number of benzene rings is 3. The number of phenolic OH excluding ortho intramolecular Hbond substituents is 5. The van der Waals surface area contributed by atoms with Gasteiger partial charge in [0.05, 0.1) is 10.9 Å². The minimum absolute atomic E-state index is 0.0133. The van der Waals surface area contributed by atoms with Crippen LogP contribution < -0.4 is 4.74 Å². The number of phenols is 5. The second-order valence-corrected chi connectivity index (χ2v) is 8.78. The van der Waals surface area contributed by atoms with Gasteiger partial charge in [-0.25, -0.2) is 0 Å². The van der Waals surface area contributed by atoms with Gasteiger partial charge in [0.15, 0.2) is 34.3 Å². The van der Waals surface area contributed by atoms with E-state index >= 15 is 0 Å². The smallest absolute Gasteiger partial charge is 0.308 e. The van der Waals surface area contributed by atoms with Crippen molar-refractivity contribution in [1.29, 1.82) is 0 Å².